The topological polar surface area (TPSA) is 70.7 Å². The molecule has 3 rings (SSSR count). The predicted molar refractivity (Wildman–Crippen MR) is 119 cm³/mol. The van der Waals surface area contributed by atoms with Gasteiger partial charge >= 0.3 is 0 Å². The van der Waals surface area contributed by atoms with Crippen molar-refractivity contribution in [2.24, 2.45) is 0 Å². The Balaban J connectivity index is 1.55. The fourth-order valence-electron chi connectivity index (χ4n) is 3.74. The molecule has 2 aromatic carbocycles. The number of anilines is 1. The quantitative estimate of drug-likeness (QED) is 0.703. The summed E-state index contributed by atoms with van der Waals surface area (Å²) in [6.45, 7) is 4.09. The van der Waals surface area contributed by atoms with Crippen molar-refractivity contribution in [3.8, 4) is 5.75 Å². The molecule has 1 fully saturated rings. The maximum absolute atomic E-state index is 12.8. The van der Waals surface area contributed by atoms with Crippen LogP contribution in [-0.2, 0) is 11.2 Å². The van der Waals surface area contributed by atoms with Gasteiger partial charge in [0.2, 0.25) is 5.91 Å². The lowest BCUT2D eigenvalue weighted by atomic mass is 10.0. The summed E-state index contributed by atoms with van der Waals surface area (Å²) in [6, 6.07) is 15.9. The predicted octanol–water partition coefficient (Wildman–Crippen LogP) is 3.16. The number of carbonyl (C=O) groups is 2. The van der Waals surface area contributed by atoms with Crippen molar-refractivity contribution in [3.63, 3.8) is 0 Å². The standard InChI is InChI=1S/C24H31N3O3/c1-3-23(28)26-19-13-16-27(17-14-19)22-7-5-4-6-21(22)24(29)25-15-12-18-8-10-20(30-2)11-9-18/h4-11,19H,3,12-17H2,1-2H3,(H,25,29)(H,26,28). The highest BCUT2D eigenvalue weighted by Gasteiger charge is 2.23. The van der Waals surface area contributed by atoms with Crippen molar-refractivity contribution < 1.29 is 14.3 Å². The number of benzene rings is 2. The maximum Gasteiger partial charge on any atom is 0.253 e. The first-order valence-corrected chi connectivity index (χ1v) is 10.6. The Morgan fingerprint density at radius 1 is 1.07 bits per heavy atom. The summed E-state index contributed by atoms with van der Waals surface area (Å²) >= 11 is 0. The number of piperidine rings is 1. The molecule has 1 heterocycles. The lowest BCUT2D eigenvalue weighted by molar-refractivity contribution is -0.121. The third-order valence-corrected chi connectivity index (χ3v) is 5.53. The van der Waals surface area contributed by atoms with Crippen LogP contribution in [0.15, 0.2) is 48.5 Å². The SMILES string of the molecule is CCC(=O)NC1CCN(c2ccccc2C(=O)NCCc2ccc(OC)cc2)CC1. The molecular weight excluding hydrogens is 378 g/mol. The van der Waals surface area contributed by atoms with Crippen molar-refractivity contribution >= 4 is 17.5 Å². The van der Waals surface area contributed by atoms with E-state index in [9.17, 15) is 9.59 Å². The molecule has 0 bridgehead atoms. The van der Waals surface area contributed by atoms with Gasteiger partial charge < -0.3 is 20.3 Å². The zero-order valence-corrected chi connectivity index (χ0v) is 17.8. The zero-order chi connectivity index (χ0) is 21.3. The Hall–Kier alpha value is -3.02. The normalized spacial score (nSPS) is 14.3. The van der Waals surface area contributed by atoms with Crippen LogP contribution in [0.5, 0.6) is 5.75 Å². The van der Waals surface area contributed by atoms with E-state index in [-0.39, 0.29) is 17.9 Å². The molecule has 2 N–H and O–H groups in total. The number of hydrogen-bond acceptors (Lipinski definition) is 4. The van der Waals surface area contributed by atoms with Crippen molar-refractivity contribution in [1.29, 1.82) is 0 Å². The van der Waals surface area contributed by atoms with Crippen LogP contribution in [0.4, 0.5) is 5.69 Å². The highest BCUT2D eigenvalue weighted by Crippen LogP contribution is 2.24. The highest BCUT2D eigenvalue weighted by atomic mass is 16.5. The van der Waals surface area contributed by atoms with E-state index in [1.807, 2.05) is 55.5 Å². The first kappa shape index (κ1) is 21.7. The van der Waals surface area contributed by atoms with Crippen molar-refractivity contribution in [2.75, 3.05) is 31.6 Å². The van der Waals surface area contributed by atoms with Gasteiger partial charge in [-0.3, -0.25) is 9.59 Å². The average Bonchev–Trinajstić information content (AvgIpc) is 2.80. The third kappa shape index (κ3) is 5.75. The summed E-state index contributed by atoms with van der Waals surface area (Å²) in [7, 11) is 1.65. The summed E-state index contributed by atoms with van der Waals surface area (Å²) in [5.41, 5.74) is 2.81. The number of para-hydroxylation sites is 1. The number of methoxy groups -OCH3 is 1. The number of amides is 2. The Morgan fingerprint density at radius 2 is 1.77 bits per heavy atom. The van der Waals surface area contributed by atoms with Crippen molar-refractivity contribution in [2.45, 2.75) is 38.6 Å². The summed E-state index contributed by atoms with van der Waals surface area (Å²) in [4.78, 5) is 26.7. The molecule has 160 valence electrons. The van der Waals surface area contributed by atoms with Gasteiger partial charge in [-0.2, -0.15) is 0 Å². The van der Waals surface area contributed by atoms with Crippen LogP contribution in [0.2, 0.25) is 0 Å². The zero-order valence-electron chi connectivity index (χ0n) is 17.8. The molecule has 1 aliphatic rings. The molecule has 0 radical (unpaired) electrons. The van der Waals surface area contributed by atoms with E-state index in [1.165, 1.54) is 0 Å². The molecule has 1 saturated heterocycles. The minimum absolute atomic E-state index is 0.0551. The first-order chi connectivity index (χ1) is 14.6. The van der Waals surface area contributed by atoms with Crippen LogP contribution >= 0.6 is 0 Å². The monoisotopic (exact) mass is 409 g/mol. The molecule has 6 heteroatoms. The Bertz CT molecular complexity index is 843. The molecule has 1 aliphatic heterocycles. The van der Waals surface area contributed by atoms with Gasteiger partial charge in [0.25, 0.3) is 5.91 Å². The molecule has 6 nitrogen and oxygen atoms in total. The Kier molecular flexibility index (Phi) is 7.71. The third-order valence-electron chi connectivity index (χ3n) is 5.53. The number of nitrogens with zero attached hydrogens (tertiary/aromatic N) is 1. The van der Waals surface area contributed by atoms with E-state index >= 15 is 0 Å². The van der Waals surface area contributed by atoms with Crippen molar-refractivity contribution in [1.82, 2.24) is 10.6 Å². The molecule has 2 amide bonds. The van der Waals surface area contributed by atoms with Gasteiger partial charge in [-0.15, -0.1) is 0 Å². The van der Waals surface area contributed by atoms with E-state index in [4.69, 9.17) is 4.74 Å². The highest BCUT2D eigenvalue weighted by molar-refractivity contribution is 5.99. The second-order valence-electron chi connectivity index (χ2n) is 7.55. The summed E-state index contributed by atoms with van der Waals surface area (Å²) in [5, 5.41) is 6.12. The largest absolute Gasteiger partial charge is 0.497 e. The molecule has 0 aromatic heterocycles. The molecule has 0 aliphatic carbocycles. The molecule has 30 heavy (non-hydrogen) atoms. The molecular formula is C24H31N3O3. The number of ether oxygens (including phenoxy) is 1. The van der Waals surface area contributed by atoms with Gasteiger partial charge in [-0.1, -0.05) is 31.2 Å². The van der Waals surface area contributed by atoms with E-state index in [2.05, 4.69) is 15.5 Å². The second kappa shape index (κ2) is 10.7. The van der Waals surface area contributed by atoms with Crippen LogP contribution < -0.4 is 20.3 Å². The molecule has 0 unspecified atom stereocenters. The van der Waals surface area contributed by atoms with Crippen LogP contribution in [0.25, 0.3) is 0 Å². The van der Waals surface area contributed by atoms with E-state index in [0.717, 1.165) is 49.4 Å². The molecule has 0 saturated carbocycles. The summed E-state index contributed by atoms with van der Waals surface area (Å²) in [5.74, 6) is 0.875. The second-order valence-corrected chi connectivity index (χ2v) is 7.55. The lowest BCUT2D eigenvalue weighted by Gasteiger charge is -2.34. The first-order valence-electron chi connectivity index (χ1n) is 10.6. The van der Waals surface area contributed by atoms with Gasteiger partial charge in [0.1, 0.15) is 5.75 Å². The van der Waals surface area contributed by atoms with Crippen LogP contribution in [0.3, 0.4) is 0 Å². The average molecular weight is 410 g/mol. The molecule has 2 aromatic rings. The fourth-order valence-corrected chi connectivity index (χ4v) is 3.74. The lowest BCUT2D eigenvalue weighted by Crippen LogP contribution is -2.45. The summed E-state index contributed by atoms with van der Waals surface area (Å²) in [6.07, 6.45) is 3.05. The number of nitrogens with one attached hydrogen (secondary N) is 2. The van der Waals surface area contributed by atoms with Crippen LogP contribution in [0.1, 0.15) is 42.1 Å². The van der Waals surface area contributed by atoms with Crippen LogP contribution in [-0.4, -0.2) is 44.6 Å². The number of hydrogen-bond donors (Lipinski definition) is 2. The Labute approximate surface area is 178 Å². The van der Waals surface area contributed by atoms with Gasteiger partial charge in [-0.05, 0) is 49.1 Å². The van der Waals surface area contributed by atoms with Gasteiger partial charge in [0.05, 0.1) is 12.7 Å². The number of rotatable bonds is 8. The number of carbonyl (C=O) groups excluding carboxylic acids is 2. The molecule has 0 atom stereocenters. The van der Waals surface area contributed by atoms with Gasteiger partial charge in [0.15, 0.2) is 0 Å². The fraction of sp³-hybridized carbons (Fsp3) is 0.417. The summed E-state index contributed by atoms with van der Waals surface area (Å²) < 4.78 is 5.18. The van der Waals surface area contributed by atoms with Crippen LogP contribution in [0, 0.1) is 0 Å². The van der Waals surface area contributed by atoms with Gasteiger partial charge in [-0.25, -0.2) is 0 Å². The molecule has 0 spiro atoms. The van der Waals surface area contributed by atoms with E-state index in [0.29, 0.717) is 18.5 Å². The Morgan fingerprint density at radius 3 is 2.43 bits per heavy atom. The van der Waals surface area contributed by atoms with E-state index in [1.54, 1.807) is 7.11 Å². The minimum Gasteiger partial charge on any atom is -0.497 e. The van der Waals surface area contributed by atoms with E-state index < -0.39 is 0 Å². The van der Waals surface area contributed by atoms with Gasteiger partial charge in [0, 0.05) is 37.8 Å². The smallest absolute Gasteiger partial charge is 0.253 e. The maximum atomic E-state index is 12.8. The van der Waals surface area contributed by atoms with Crippen molar-refractivity contribution in [3.05, 3.63) is 59.7 Å². The minimum atomic E-state index is -0.0551.